The van der Waals surface area contributed by atoms with E-state index in [0.717, 1.165) is 32.8 Å². The summed E-state index contributed by atoms with van der Waals surface area (Å²) in [5.41, 5.74) is 2.91. The van der Waals surface area contributed by atoms with Gasteiger partial charge in [0.2, 0.25) is 11.8 Å². The molecule has 3 aromatic carbocycles. The van der Waals surface area contributed by atoms with E-state index in [9.17, 15) is 9.59 Å². The second-order valence-corrected chi connectivity index (χ2v) is 7.45. The minimum Gasteiger partial charge on any atom is -0.472 e. The van der Waals surface area contributed by atoms with Crippen LogP contribution in [0.1, 0.15) is 11.1 Å². The third kappa shape index (κ3) is 4.29. The van der Waals surface area contributed by atoms with Crippen LogP contribution >= 0.6 is 0 Å². The normalized spacial score (nSPS) is 15.3. The van der Waals surface area contributed by atoms with Gasteiger partial charge in [0.25, 0.3) is 0 Å². The number of aromatic amines is 1. The maximum absolute atomic E-state index is 11.3. The van der Waals surface area contributed by atoms with Crippen LogP contribution in [0.4, 0.5) is 0 Å². The summed E-state index contributed by atoms with van der Waals surface area (Å²) in [6.07, 6.45) is 4.82. The van der Waals surface area contributed by atoms with Crippen LogP contribution in [-0.2, 0) is 19.1 Å². The fourth-order valence-corrected chi connectivity index (χ4v) is 3.82. The zero-order valence-corrected chi connectivity index (χ0v) is 17.6. The Morgan fingerprint density at radius 3 is 1.97 bits per heavy atom. The van der Waals surface area contributed by atoms with Crippen LogP contribution in [0.5, 0.6) is 0 Å². The molecule has 0 atom stereocenters. The van der Waals surface area contributed by atoms with Crippen LogP contribution in [0.25, 0.3) is 33.2 Å². The molecule has 0 fully saturated rings. The number of para-hydroxylation sites is 1. The van der Waals surface area contributed by atoms with Gasteiger partial charge < -0.3 is 25.1 Å². The summed E-state index contributed by atoms with van der Waals surface area (Å²) >= 11 is 0. The van der Waals surface area contributed by atoms with Gasteiger partial charge in [-0.05, 0) is 16.8 Å². The highest BCUT2D eigenvalue weighted by atomic mass is 16.5. The van der Waals surface area contributed by atoms with E-state index in [1.165, 1.54) is 12.2 Å². The predicted molar refractivity (Wildman–Crippen MR) is 126 cm³/mol. The molecule has 0 aliphatic carbocycles. The molecule has 0 saturated heterocycles. The van der Waals surface area contributed by atoms with Crippen LogP contribution < -0.4 is 10.6 Å². The Balaban J connectivity index is 0.000000139. The van der Waals surface area contributed by atoms with Crippen molar-refractivity contribution in [3.8, 4) is 0 Å². The Hall–Kier alpha value is -4.52. The Labute approximate surface area is 189 Å². The van der Waals surface area contributed by atoms with Crippen LogP contribution in [0.3, 0.4) is 0 Å². The third-order valence-corrected chi connectivity index (χ3v) is 5.38. The quantitative estimate of drug-likeness (QED) is 0.442. The van der Waals surface area contributed by atoms with E-state index >= 15 is 0 Å². The zero-order valence-electron chi connectivity index (χ0n) is 17.6. The Morgan fingerprint density at radius 1 is 0.636 bits per heavy atom. The highest BCUT2D eigenvalue weighted by molar-refractivity contribution is 6.01. The van der Waals surface area contributed by atoms with Gasteiger partial charge in [-0.1, -0.05) is 60.7 Å². The van der Waals surface area contributed by atoms with Crippen molar-refractivity contribution in [3.05, 3.63) is 96.2 Å². The first-order chi connectivity index (χ1) is 16.2. The minimum absolute atomic E-state index is 0.112. The van der Waals surface area contributed by atoms with Crippen LogP contribution in [-0.4, -0.2) is 30.3 Å². The SMILES string of the molecule is O=C1C=C(c2c[nH]c3ccccc23)OCN1.O=C1C=C(c2cccc3ccccc23)OCN1. The number of benzene rings is 3. The molecule has 3 N–H and O–H groups in total. The minimum atomic E-state index is -0.119. The molecule has 33 heavy (non-hydrogen) atoms. The van der Waals surface area contributed by atoms with Gasteiger partial charge in [-0.15, -0.1) is 0 Å². The summed E-state index contributed by atoms with van der Waals surface area (Å²) in [7, 11) is 0. The van der Waals surface area contributed by atoms with Crippen molar-refractivity contribution in [2.24, 2.45) is 0 Å². The van der Waals surface area contributed by atoms with Gasteiger partial charge in [-0.2, -0.15) is 0 Å². The first kappa shape index (κ1) is 20.4. The van der Waals surface area contributed by atoms with E-state index in [2.05, 4.69) is 15.6 Å². The average Bonchev–Trinajstić information content (AvgIpc) is 3.28. The second kappa shape index (κ2) is 8.92. The van der Waals surface area contributed by atoms with Gasteiger partial charge in [0.1, 0.15) is 11.5 Å². The molecule has 2 aliphatic rings. The molecule has 7 nitrogen and oxygen atoms in total. The number of hydrogen-bond acceptors (Lipinski definition) is 4. The van der Waals surface area contributed by atoms with Gasteiger partial charge in [0.15, 0.2) is 13.5 Å². The first-order valence-electron chi connectivity index (χ1n) is 10.5. The second-order valence-electron chi connectivity index (χ2n) is 7.45. The molecule has 1 aromatic heterocycles. The van der Waals surface area contributed by atoms with E-state index < -0.39 is 0 Å². The molecule has 2 amide bonds. The monoisotopic (exact) mass is 439 g/mol. The van der Waals surface area contributed by atoms with Crippen LogP contribution in [0.15, 0.2) is 85.1 Å². The lowest BCUT2D eigenvalue weighted by atomic mass is 10.0. The highest BCUT2D eigenvalue weighted by Gasteiger charge is 2.15. The number of carbonyl (C=O) groups excluding carboxylic acids is 2. The highest BCUT2D eigenvalue weighted by Crippen LogP contribution is 2.27. The Morgan fingerprint density at radius 2 is 1.24 bits per heavy atom. The third-order valence-electron chi connectivity index (χ3n) is 5.38. The summed E-state index contributed by atoms with van der Waals surface area (Å²) in [4.78, 5) is 25.7. The van der Waals surface area contributed by atoms with Crippen molar-refractivity contribution in [1.29, 1.82) is 0 Å². The molecule has 0 bridgehead atoms. The Kier molecular flexibility index (Phi) is 5.51. The fraction of sp³-hybridized carbons (Fsp3) is 0.0769. The van der Waals surface area contributed by atoms with Crippen molar-refractivity contribution in [1.82, 2.24) is 15.6 Å². The summed E-state index contributed by atoms with van der Waals surface area (Å²) in [5, 5.41) is 8.46. The molecule has 0 spiro atoms. The lowest BCUT2D eigenvalue weighted by Crippen LogP contribution is -2.28. The van der Waals surface area contributed by atoms with Gasteiger partial charge >= 0.3 is 0 Å². The topological polar surface area (TPSA) is 92.5 Å². The number of fused-ring (bicyclic) bond motifs is 2. The average molecular weight is 439 g/mol. The van der Waals surface area contributed by atoms with E-state index in [4.69, 9.17) is 9.47 Å². The lowest BCUT2D eigenvalue weighted by Gasteiger charge is -2.17. The molecular formula is C26H21N3O4. The molecule has 2 aliphatic heterocycles. The van der Waals surface area contributed by atoms with E-state index in [1.54, 1.807) is 0 Å². The smallest absolute Gasteiger partial charge is 0.250 e. The van der Waals surface area contributed by atoms with E-state index in [-0.39, 0.29) is 25.3 Å². The predicted octanol–water partition coefficient (Wildman–Crippen LogP) is 3.90. The summed E-state index contributed by atoms with van der Waals surface area (Å²) in [6, 6.07) is 21.9. The van der Waals surface area contributed by atoms with Crippen molar-refractivity contribution in [2.75, 3.05) is 13.5 Å². The molecular weight excluding hydrogens is 418 g/mol. The van der Waals surface area contributed by atoms with Gasteiger partial charge in [-0.25, -0.2) is 0 Å². The summed E-state index contributed by atoms with van der Waals surface area (Å²) in [5.74, 6) is 1.01. The van der Waals surface area contributed by atoms with Crippen molar-refractivity contribution < 1.29 is 19.1 Å². The number of rotatable bonds is 2. The summed E-state index contributed by atoms with van der Waals surface area (Å²) < 4.78 is 10.9. The number of hydrogen-bond donors (Lipinski definition) is 3. The van der Waals surface area contributed by atoms with E-state index in [1.807, 2.05) is 72.9 Å². The standard InChI is InChI=1S/C14H11NO2.C12H10N2O2/c16-14-8-13(17-9-15-14)12-7-3-5-10-4-1-2-6-11(10)12;15-12-5-11(16-7-14-12)9-6-13-10-4-2-1-3-8(9)10/h1-8H,9H2,(H,15,16);1-6,13H,7H2,(H,14,15). The van der Waals surface area contributed by atoms with Gasteiger partial charge in [0, 0.05) is 40.4 Å². The maximum atomic E-state index is 11.3. The van der Waals surface area contributed by atoms with Crippen molar-refractivity contribution in [3.63, 3.8) is 0 Å². The maximum Gasteiger partial charge on any atom is 0.250 e. The van der Waals surface area contributed by atoms with Crippen molar-refractivity contribution >= 4 is 45.0 Å². The van der Waals surface area contributed by atoms with Gasteiger partial charge in [-0.3, -0.25) is 9.59 Å². The number of amides is 2. The molecule has 4 aromatic rings. The molecule has 164 valence electrons. The molecule has 0 radical (unpaired) electrons. The molecule has 7 heteroatoms. The molecule has 0 saturated carbocycles. The molecule has 3 heterocycles. The number of H-pyrrole nitrogens is 1. The zero-order chi connectivity index (χ0) is 22.6. The van der Waals surface area contributed by atoms with Crippen LogP contribution in [0.2, 0.25) is 0 Å². The fourth-order valence-electron chi connectivity index (χ4n) is 3.82. The van der Waals surface area contributed by atoms with Crippen molar-refractivity contribution in [2.45, 2.75) is 0 Å². The van der Waals surface area contributed by atoms with Gasteiger partial charge in [0.05, 0.1) is 0 Å². The molecule has 0 unspecified atom stereocenters. The number of aromatic nitrogens is 1. The number of ether oxygens (including phenoxy) is 2. The van der Waals surface area contributed by atoms with E-state index in [0.29, 0.717) is 11.5 Å². The number of nitrogens with one attached hydrogen (secondary N) is 3. The first-order valence-corrected chi connectivity index (χ1v) is 10.5. The largest absolute Gasteiger partial charge is 0.472 e. The lowest BCUT2D eigenvalue weighted by molar-refractivity contribution is -0.119. The summed E-state index contributed by atoms with van der Waals surface area (Å²) in [6.45, 7) is 0.456. The number of carbonyl (C=O) groups is 2. The Bertz CT molecular complexity index is 1410. The molecule has 6 rings (SSSR count). The van der Waals surface area contributed by atoms with Crippen LogP contribution in [0, 0.1) is 0 Å².